The van der Waals surface area contributed by atoms with Gasteiger partial charge in [-0.3, -0.25) is 0 Å². The minimum absolute atomic E-state index is 0.0750. The first kappa shape index (κ1) is 15.6. The lowest BCUT2D eigenvalue weighted by Crippen LogP contribution is -2.38. The van der Waals surface area contributed by atoms with Gasteiger partial charge in [-0.15, -0.1) is 0 Å². The number of rotatable bonds is 4. The summed E-state index contributed by atoms with van der Waals surface area (Å²) >= 11 is 5.90. The summed E-state index contributed by atoms with van der Waals surface area (Å²) in [6, 6.07) is 7.53. The lowest BCUT2D eigenvalue weighted by Gasteiger charge is -2.21. The number of carbonyl (C=O) groups excluding carboxylic acids is 1. The smallest absolute Gasteiger partial charge is 0.407 e. The maximum atomic E-state index is 11.5. The highest BCUT2D eigenvalue weighted by Crippen LogP contribution is 2.15. The van der Waals surface area contributed by atoms with Gasteiger partial charge in [0.25, 0.3) is 0 Å². The van der Waals surface area contributed by atoms with Gasteiger partial charge in [-0.2, -0.15) is 0 Å². The molecule has 0 radical (unpaired) electrons. The Kier molecular flexibility index (Phi) is 5.48. The van der Waals surface area contributed by atoms with Gasteiger partial charge in [0.1, 0.15) is 5.60 Å². The summed E-state index contributed by atoms with van der Waals surface area (Å²) in [6.07, 6.45) is -0.410. The van der Waals surface area contributed by atoms with Gasteiger partial charge in [0.2, 0.25) is 0 Å². The summed E-state index contributed by atoms with van der Waals surface area (Å²) in [4.78, 5) is 11.5. The van der Waals surface area contributed by atoms with Gasteiger partial charge in [-0.25, -0.2) is 4.79 Å². The highest BCUT2D eigenvalue weighted by molar-refractivity contribution is 6.30. The molecule has 19 heavy (non-hydrogen) atoms. The minimum Gasteiger partial charge on any atom is -0.444 e. The van der Waals surface area contributed by atoms with Crippen molar-refractivity contribution in [3.05, 3.63) is 29.3 Å². The van der Waals surface area contributed by atoms with Crippen LogP contribution in [0.5, 0.6) is 0 Å². The van der Waals surface area contributed by atoms with E-state index < -0.39 is 11.7 Å². The van der Waals surface area contributed by atoms with Crippen molar-refractivity contribution < 1.29 is 9.53 Å². The monoisotopic (exact) mass is 284 g/mol. The molecule has 0 aliphatic heterocycles. The highest BCUT2D eigenvalue weighted by atomic mass is 35.5. The lowest BCUT2D eigenvalue weighted by molar-refractivity contribution is 0.0526. The molecule has 1 atom stereocenters. The Balaban J connectivity index is 2.36. The quantitative estimate of drug-likeness (QED) is 0.887. The average molecular weight is 285 g/mol. The molecule has 106 valence electrons. The number of benzene rings is 1. The second kappa shape index (κ2) is 6.66. The Morgan fingerprint density at radius 1 is 1.42 bits per heavy atom. The molecule has 0 aliphatic rings. The number of nitrogens with one attached hydrogen (secondary N) is 2. The van der Waals surface area contributed by atoms with Crippen LogP contribution < -0.4 is 10.6 Å². The van der Waals surface area contributed by atoms with E-state index in [1.54, 1.807) is 0 Å². The van der Waals surface area contributed by atoms with Gasteiger partial charge < -0.3 is 15.4 Å². The van der Waals surface area contributed by atoms with Crippen LogP contribution in [0, 0.1) is 0 Å². The molecule has 0 spiro atoms. The van der Waals surface area contributed by atoms with Crippen LogP contribution in [0.1, 0.15) is 27.7 Å². The number of anilines is 1. The molecular weight excluding hydrogens is 264 g/mol. The number of alkyl carbamates (subject to hydrolysis) is 1. The van der Waals surface area contributed by atoms with Crippen molar-refractivity contribution in [3.8, 4) is 0 Å². The molecule has 1 aromatic carbocycles. The summed E-state index contributed by atoms with van der Waals surface area (Å²) in [7, 11) is 0. The molecule has 0 saturated heterocycles. The Morgan fingerprint density at radius 3 is 2.68 bits per heavy atom. The fourth-order valence-electron chi connectivity index (χ4n) is 1.46. The Labute approximate surface area is 119 Å². The van der Waals surface area contributed by atoms with Crippen LogP contribution >= 0.6 is 11.6 Å². The van der Waals surface area contributed by atoms with Crippen LogP contribution in [0.25, 0.3) is 0 Å². The summed E-state index contributed by atoms with van der Waals surface area (Å²) in [6.45, 7) is 7.94. The van der Waals surface area contributed by atoms with Crippen LogP contribution in [0.2, 0.25) is 5.02 Å². The minimum atomic E-state index is -0.478. The maximum absolute atomic E-state index is 11.5. The number of hydrogen-bond acceptors (Lipinski definition) is 3. The first-order valence-electron chi connectivity index (χ1n) is 6.25. The molecule has 0 fully saturated rings. The average Bonchev–Trinajstić information content (AvgIpc) is 2.24. The third-order valence-corrected chi connectivity index (χ3v) is 2.42. The molecule has 0 bridgehead atoms. The van der Waals surface area contributed by atoms with Crippen LogP contribution in [0.4, 0.5) is 10.5 Å². The highest BCUT2D eigenvalue weighted by Gasteiger charge is 2.16. The molecule has 1 aromatic rings. The van der Waals surface area contributed by atoms with Crippen molar-refractivity contribution in [2.45, 2.75) is 39.3 Å². The van der Waals surface area contributed by atoms with E-state index in [2.05, 4.69) is 10.6 Å². The topological polar surface area (TPSA) is 50.4 Å². The normalized spacial score (nSPS) is 12.7. The second-order valence-electron chi connectivity index (χ2n) is 5.44. The summed E-state index contributed by atoms with van der Waals surface area (Å²) in [5.41, 5.74) is 0.444. The van der Waals surface area contributed by atoms with Crippen molar-refractivity contribution in [3.63, 3.8) is 0 Å². The van der Waals surface area contributed by atoms with E-state index in [4.69, 9.17) is 16.3 Å². The molecule has 0 aromatic heterocycles. The van der Waals surface area contributed by atoms with Crippen molar-refractivity contribution in [1.82, 2.24) is 5.32 Å². The van der Waals surface area contributed by atoms with Gasteiger partial charge >= 0.3 is 6.09 Å². The lowest BCUT2D eigenvalue weighted by atomic mass is 10.2. The maximum Gasteiger partial charge on any atom is 0.407 e. The van der Waals surface area contributed by atoms with Crippen molar-refractivity contribution in [1.29, 1.82) is 0 Å². The molecule has 0 heterocycles. The van der Waals surface area contributed by atoms with E-state index in [1.165, 1.54) is 0 Å². The first-order valence-corrected chi connectivity index (χ1v) is 6.63. The molecule has 0 aliphatic carbocycles. The summed E-state index contributed by atoms with van der Waals surface area (Å²) in [5, 5.41) is 6.64. The van der Waals surface area contributed by atoms with E-state index in [0.717, 1.165) is 5.69 Å². The number of hydrogen-bond donors (Lipinski definition) is 2. The molecule has 2 N–H and O–H groups in total. The molecule has 1 amide bonds. The largest absolute Gasteiger partial charge is 0.444 e. The fraction of sp³-hybridized carbons (Fsp3) is 0.500. The van der Waals surface area contributed by atoms with Crippen LogP contribution in [0.15, 0.2) is 24.3 Å². The van der Waals surface area contributed by atoms with Crippen LogP contribution in [-0.4, -0.2) is 24.3 Å². The number of halogens is 1. The number of amides is 1. The zero-order valence-electron chi connectivity index (χ0n) is 11.8. The van der Waals surface area contributed by atoms with E-state index in [1.807, 2.05) is 52.0 Å². The second-order valence-corrected chi connectivity index (χ2v) is 5.87. The van der Waals surface area contributed by atoms with Crippen molar-refractivity contribution >= 4 is 23.4 Å². The van der Waals surface area contributed by atoms with Crippen LogP contribution in [0.3, 0.4) is 0 Å². The van der Waals surface area contributed by atoms with Crippen molar-refractivity contribution in [2.24, 2.45) is 0 Å². The molecule has 0 saturated carbocycles. The number of carbonyl (C=O) groups is 1. The fourth-order valence-corrected chi connectivity index (χ4v) is 1.65. The Bertz CT molecular complexity index is 430. The Hall–Kier alpha value is -1.42. The molecule has 1 unspecified atom stereocenters. The van der Waals surface area contributed by atoms with E-state index >= 15 is 0 Å². The van der Waals surface area contributed by atoms with E-state index in [9.17, 15) is 4.79 Å². The SMILES string of the molecule is CC(CNC(=O)OC(C)(C)C)Nc1cccc(Cl)c1. The summed E-state index contributed by atoms with van der Waals surface area (Å²) in [5.74, 6) is 0. The van der Waals surface area contributed by atoms with Gasteiger partial charge in [-0.1, -0.05) is 17.7 Å². The predicted molar refractivity (Wildman–Crippen MR) is 78.8 cm³/mol. The van der Waals surface area contributed by atoms with Crippen molar-refractivity contribution in [2.75, 3.05) is 11.9 Å². The molecule has 4 nitrogen and oxygen atoms in total. The van der Waals surface area contributed by atoms with E-state index in [-0.39, 0.29) is 6.04 Å². The van der Waals surface area contributed by atoms with Gasteiger partial charge in [0.15, 0.2) is 0 Å². The van der Waals surface area contributed by atoms with Gasteiger partial charge in [0.05, 0.1) is 0 Å². The first-order chi connectivity index (χ1) is 8.76. The summed E-state index contributed by atoms with van der Waals surface area (Å²) < 4.78 is 5.16. The van der Waals surface area contributed by atoms with Gasteiger partial charge in [-0.05, 0) is 45.9 Å². The predicted octanol–water partition coefficient (Wildman–Crippen LogP) is 3.67. The standard InChI is InChI=1S/C14H21ClN2O2/c1-10(9-16-13(18)19-14(2,3)4)17-12-7-5-6-11(15)8-12/h5-8,10,17H,9H2,1-4H3,(H,16,18). The van der Waals surface area contributed by atoms with Crippen LogP contribution in [-0.2, 0) is 4.74 Å². The third-order valence-electron chi connectivity index (χ3n) is 2.19. The zero-order valence-corrected chi connectivity index (χ0v) is 12.5. The molecule has 5 heteroatoms. The molecule has 1 rings (SSSR count). The zero-order chi connectivity index (χ0) is 14.5. The van der Waals surface area contributed by atoms with Gasteiger partial charge in [0, 0.05) is 23.3 Å². The molecular formula is C14H21ClN2O2. The third kappa shape index (κ3) is 6.91. The number of ether oxygens (including phenoxy) is 1. The Morgan fingerprint density at radius 2 is 2.11 bits per heavy atom. The van der Waals surface area contributed by atoms with E-state index in [0.29, 0.717) is 11.6 Å².